The van der Waals surface area contributed by atoms with Crippen molar-refractivity contribution in [3.63, 3.8) is 0 Å². The fourth-order valence-electron chi connectivity index (χ4n) is 1.51. The van der Waals surface area contributed by atoms with Crippen LogP contribution in [0.25, 0.3) is 0 Å². The van der Waals surface area contributed by atoms with Crippen LogP contribution in [0.3, 0.4) is 0 Å². The summed E-state index contributed by atoms with van der Waals surface area (Å²) in [5.41, 5.74) is 1.17. The van der Waals surface area contributed by atoms with E-state index in [2.05, 4.69) is 15.3 Å². The maximum Gasteiger partial charge on any atom is 0.225 e. The molecule has 1 N–H and O–H groups in total. The number of nitrogens with one attached hydrogen (secondary N) is 1. The molecule has 2 aromatic rings. The number of benzene rings is 1. The zero-order valence-corrected chi connectivity index (χ0v) is 10.7. The maximum absolute atomic E-state index is 5.80. The van der Waals surface area contributed by atoms with Crippen molar-refractivity contribution in [3.8, 4) is 0 Å². The fourth-order valence-corrected chi connectivity index (χ4v) is 1.92. The van der Waals surface area contributed by atoms with Crippen LogP contribution in [0.2, 0.25) is 10.4 Å². The summed E-state index contributed by atoms with van der Waals surface area (Å²) in [6.07, 6.45) is 0. The van der Waals surface area contributed by atoms with E-state index in [4.69, 9.17) is 23.2 Å². The summed E-state index contributed by atoms with van der Waals surface area (Å²) in [5.74, 6) is 0.617. The van der Waals surface area contributed by atoms with Gasteiger partial charge in [0.25, 0.3) is 0 Å². The van der Waals surface area contributed by atoms with Crippen LogP contribution in [-0.2, 0) is 0 Å². The summed E-state index contributed by atoms with van der Waals surface area (Å²) in [6.45, 7) is 2.04. The zero-order chi connectivity index (χ0) is 12.3. The van der Waals surface area contributed by atoms with Gasteiger partial charge >= 0.3 is 0 Å². The third kappa shape index (κ3) is 3.32. The molecule has 0 fully saturated rings. The predicted octanol–water partition coefficient (Wildman–Crippen LogP) is 3.96. The largest absolute Gasteiger partial charge is 0.363 e. The number of halogens is 2. The van der Waals surface area contributed by atoms with E-state index in [1.807, 2.05) is 37.3 Å². The first-order chi connectivity index (χ1) is 8.15. The average Bonchev–Trinajstić information content (AvgIpc) is 2.28. The molecule has 1 aromatic heterocycles. The Bertz CT molecular complexity index is 482. The summed E-state index contributed by atoms with van der Waals surface area (Å²) in [5, 5.41) is 3.69. The van der Waals surface area contributed by atoms with Gasteiger partial charge in [-0.05, 0) is 24.1 Å². The van der Waals surface area contributed by atoms with E-state index in [-0.39, 0.29) is 11.3 Å². The van der Waals surface area contributed by atoms with Crippen molar-refractivity contribution in [2.45, 2.75) is 13.0 Å². The Hall–Kier alpha value is -1.32. The highest BCUT2D eigenvalue weighted by molar-refractivity contribution is 6.32. The Morgan fingerprint density at radius 1 is 1.12 bits per heavy atom. The molecule has 1 atom stereocenters. The highest BCUT2D eigenvalue weighted by atomic mass is 35.5. The van der Waals surface area contributed by atoms with Gasteiger partial charge in [0.05, 0.1) is 0 Å². The van der Waals surface area contributed by atoms with Crippen LogP contribution in [0.4, 0.5) is 5.82 Å². The second kappa shape index (κ2) is 5.34. The molecule has 2 rings (SSSR count). The quantitative estimate of drug-likeness (QED) is 0.676. The van der Waals surface area contributed by atoms with E-state index < -0.39 is 0 Å². The van der Waals surface area contributed by atoms with Gasteiger partial charge in [-0.25, -0.2) is 9.97 Å². The molecule has 0 radical (unpaired) electrons. The molecule has 0 saturated heterocycles. The highest BCUT2D eigenvalue weighted by Crippen LogP contribution is 2.20. The first kappa shape index (κ1) is 12.1. The van der Waals surface area contributed by atoms with E-state index in [9.17, 15) is 0 Å². The van der Waals surface area contributed by atoms with Crippen LogP contribution in [-0.4, -0.2) is 9.97 Å². The molecule has 1 heterocycles. The summed E-state index contributed by atoms with van der Waals surface area (Å²) < 4.78 is 0. The normalized spacial score (nSPS) is 12.2. The first-order valence-electron chi connectivity index (χ1n) is 5.17. The van der Waals surface area contributed by atoms with Crippen LogP contribution in [0.1, 0.15) is 18.5 Å². The predicted molar refractivity (Wildman–Crippen MR) is 70.5 cm³/mol. The lowest BCUT2D eigenvalue weighted by Crippen LogP contribution is -2.08. The minimum Gasteiger partial charge on any atom is -0.363 e. The molecule has 0 bridgehead atoms. The summed E-state index contributed by atoms with van der Waals surface area (Å²) in [4.78, 5) is 7.85. The Morgan fingerprint density at radius 3 is 2.47 bits per heavy atom. The number of hydrogen-bond acceptors (Lipinski definition) is 3. The molecule has 17 heavy (non-hydrogen) atoms. The van der Waals surface area contributed by atoms with Gasteiger partial charge in [-0.1, -0.05) is 41.9 Å². The van der Waals surface area contributed by atoms with Crippen molar-refractivity contribution in [1.82, 2.24) is 9.97 Å². The second-order valence-electron chi connectivity index (χ2n) is 3.62. The van der Waals surface area contributed by atoms with E-state index >= 15 is 0 Å². The number of rotatable bonds is 3. The SMILES string of the molecule is C[C@H](Nc1cc(Cl)nc(Cl)n1)c1ccccc1. The third-order valence-corrected chi connectivity index (χ3v) is 2.69. The highest BCUT2D eigenvalue weighted by Gasteiger charge is 2.07. The zero-order valence-electron chi connectivity index (χ0n) is 9.19. The third-order valence-electron chi connectivity index (χ3n) is 2.33. The lowest BCUT2D eigenvalue weighted by atomic mass is 10.1. The average molecular weight is 268 g/mol. The van der Waals surface area contributed by atoms with E-state index in [0.717, 1.165) is 0 Å². The van der Waals surface area contributed by atoms with Gasteiger partial charge in [0.15, 0.2) is 0 Å². The fraction of sp³-hybridized carbons (Fsp3) is 0.167. The number of nitrogens with zero attached hydrogens (tertiary/aromatic N) is 2. The lowest BCUT2D eigenvalue weighted by Gasteiger charge is -2.14. The van der Waals surface area contributed by atoms with Gasteiger partial charge in [-0.15, -0.1) is 0 Å². The van der Waals surface area contributed by atoms with Crippen molar-refractivity contribution in [2.75, 3.05) is 5.32 Å². The smallest absolute Gasteiger partial charge is 0.225 e. The molecule has 0 saturated carbocycles. The van der Waals surface area contributed by atoms with Crippen molar-refractivity contribution in [3.05, 3.63) is 52.4 Å². The first-order valence-corrected chi connectivity index (χ1v) is 5.92. The number of hydrogen-bond donors (Lipinski definition) is 1. The van der Waals surface area contributed by atoms with Gasteiger partial charge in [-0.2, -0.15) is 0 Å². The summed E-state index contributed by atoms with van der Waals surface area (Å²) in [7, 11) is 0. The monoisotopic (exact) mass is 267 g/mol. The Labute approximate surface area is 110 Å². The van der Waals surface area contributed by atoms with Gasteiger partial charge in [-0.3, -0.25) is 0 Å². The van der Waals surface area contributed by atoms with Crippen molar-refractivity contribution in [2.24, 2.45) is 0 Å². The minimum absolute atomic E-state index is 0.123. The summed E-state index contributed by atoms with van der Waals surface area (Å²) in [6, 6.07) is 11.8. The molecule has 0 amide bonds. The van der Waals surface area contributed by atoms with E-state index in [0.29, 0.717) is 11.0 Å². The Kier molecular flexibility index (Phi) is 3.82. The van der Waals surface area contributed by atoms with Crippen LogP contribution >= 0.6 is 23.2 Å². The number of anilines is 1. The second-order valence-corrected chi connectivity index (χ2v) is 4.35. The summed E-state index contributed by atoms with van der Waals surface area (Å²) >= 11 is 11.5. The van der Waals surface area contributed by atoms with Crippen molar-refractivity contribution < 1.29 is 0 Å². The molecular formula is C12H11Cl2N3. The lowest BCUT2D eigenvalue weighted by molar-refractivity contribution is 0.872. The van der Waals surface area contributed by atoms with Crippen LogP contribution in [0.15, 0.2) is 36.4 Å². The van der Waals surface area contributed by atoms with Crippen LogP contribution in [0.5, 0.6) is 0 Å². The molecule has 0 aliphatic carbocycles. The molecule has 3 nitrogen and oxygen atoms in total. The molecule has 0 spiro atoms. The molecule has 1 aromatic carbocycles. The molecular weight excluding hydrogens is 257 g/mol. The van der Waals surface area contributed by atoms with Gasteiger partial charge in [0.2, 0.25) is 5.28 Å². The molecule has 0 aliphatic rings. The van der Waals surface area contributed by atoms with E-state index in [1.54, 1.807) is 6.07 Å². The maximum atomic E-state index is 5.80. The molecule has 5 heteroatoms. The van der Waals surface area contributed by atoms with Crippen molar-refractivity contribution in [1.29, 1.82) is 0 Å². The Morgan fingerprint density at radius 2 is 1.82 bits per heavy atom. The topological polar surface area (TPSA) is 37.8 Å². The Balaban J connectivity index is 2.16. The standard InChI is InChI=1S/C12H11Cl2N3/c1-8(9-5-3-2-4-6-9)15-11-7-10(13)16-12(14)17-11/h2-8H,1H3,(H,15,16,17)/t8-/m0/s1. The van der Waals surface area contributed by atoms with Crippen molar-refractivity contribution >= 4 is 29.0 Å². The molecule has 88 valence electrons. The van der Waals surface area contributed by atoms with Gasteiger partial charge in [0, 0.05) is 12.1 Å². The van der Waals surface area contributed by atoms with Crippen LogP contribution in [0, 0.1) is 0 Å². The van der Waals surface area contributed by atoms with E-state index in [1.165, 1.54) is 5.56 Å². The molecule has 0 aliphatic heterocycles. The minimum atomic E-state index is 0.123. The van der Waals surface area contributed by atoms with Gasteiger partial charge < -0.3 is 5.32 Å². The molecule has 0 unspecified atom stereocenters. The number of aromatic nitrogens is 2. The van der Waals surface area contributed by atoms with Crippen LogP contribution < -0.4 is 5.32 Å². The van der Waals surface area contributed by atoms with Gasteiger partial charge in [0.1, 0.15) is 11.0 Å².